The second-order valence-corrected chi connectivity index (χ2v) is 13.6. The molecule has 10 nitrogen and oxygen atoms in total. The number of pyridine rings is 1. The molecule has 0 amide bonds. The van der Waals surface area contributed by atoms with E-state index in [-0.39, 0.29) is 40.6 Å². The van der Waals surface area contributed by atoms with Crippen LogP contribution in [0.15, 0.2) is 73.1 Å². The minimum Gasteiger partial charge on any atom is -0.545 e. The van der Waals surface area contributed by atoms with E-state index in [9.17, 15) is 24.3 Å². The predicted octanol–water partition coefficient (Wildman–Crippen LogP) is 4.88. The first-order valence-corrected chi connectivity index (χ1v) is 17.4. The van der Waals surface area contributed by atoms with E-state index in [1.165, 1.54) is 50.9 Å². The number of benzene rings is 3. The molecule has 7 rings (SSSR count). The molecule has 4 heterocycles. The number of rotatable bonds is 13. The van der Waals surface area contributed by atoms with Crippen molar-refractivity contribution in [2.45, 2.75) is 43.9 Å². The summed E-state index contributed by atoms with van der Waals surface area (Å²) in [6.07, 6.45) is 4.28. The van der Waals surface area contributed by atoms with Gasteiger partial charge in [0, 0.05) is 34.9 Å². The first-order valence-electron chi connectivity index (χ1n) is 16.6. The van der Waals surface area contributed by atoms with Crippen LogP contribution in [0, 0.1) is 11.7 Å². The number of esters is 1. The minimum atomic E-state index is -1.42. The Morgan fingerprint density at radius 2 is 1.71 bits per heavy atom. The van der Waals surface area contributed by atoms with Crippen LogP contribution in [0.5, 0.6) is 11.5 Å². The summed E-state index contributed by atoms with van der Waals surface area (Å²) in [7, 11) is 3.00. The molecule has 1 aromatic heterocycles. The molecule has 1 unspecified atom stereocenters. The summed E-state index contributed by atoms with van der Waals surface area (Å²) in [5.41, 5.74) is 2.26. The Bertz CT molecular complexity index is 1900. The number of fused-ring (bicyclic) bond motifs is 3. The van der Waals surface area contributed by atoms with Crippen molar-refractivity contribution < 1.29 is 43.2 Å². The number of methoxy groups -OCH3 is 2. The van der Waals surface area contributed by atoms with Gasteiger partial charge in [-0.1, -0.05) is 59.6 Å². The topological polar surface area (TPSA) is 124 Å². The number of carboxylic acids is 1. The molecule has 3 aliphatic heterocycles. The van der Waals surface area contributed by atoms with Crippen molar-refractivity contribution in [1.82, 2.24) is 10.2 Å². The molecule has 0 aliphatic carbocycles. The maximum absolute atomic E-state index is 14.5. The molecule has 51 heavy (non-hydrogen) atoms. The normalized spacial score (nSPS) is 19.3. The SMILES string of the molecule is COc1ccc([C@H](Cc2c(Cl)c[n+](O)cc2Cl)c2c(CNC(C(=O)O[C@H]3CN4CCC3CC4)c3cccc(F)c3)cccc2C(=O)[O-])cc1OC. The van der Waals surface area contributed by atoms with Crippen LogP contribution in [-0.4, -0.2) is 62.0 Å². The number of halogens is 3. The van der Waals surface area contributed by atoms with Crippen LogP contribution in [0.2, 0.25) is 10.0 Å². The van der Waals surface area contributed by atoms with Gasteiger partial charge in [-0.3, -0.25) is 15.4 Å². The fraction of sp³-hybridized carbons (Fsp3) is 0.342. The summed E-state index contributed by atoms with van der Waals surface area (Å²) in [5.74, 6) is -2.06. The van der Waals surface area contributed by atoms with E-state index in [4.69, 9.17) is 37.4 Å². The lowest BCUT2D eigenvalue weighted by Gasteiger charge is -2.44. The number of nitrogens with zero attached hydrogens (tertiary/aromatic N) is 2. The Morgan fingerprint density at radius 3 is 2.33 bits per heavy atom. The lowest BCUT2D eigenvalue weighted by atomic mass is 9.80. The molecule has 3 aromatic carbocycles. The molecule has 0 saturated carbocycles. The molecule has 3 aliphatic rings. The van der Waals surface area contributed by atoms with Gasteiger partial charge in [-0.2, -0.15) is 0 Å². The van der Waals surface area contributed by atoms with Crippen LogP contribution in [0.3, 0.4) is 0 Å². The second-order valence-electron chi connectivity index (χ2n) is 12.8. The zero-order chi connectivity index (χ0) is 36.2. The Morgan fingerprint density at radius 1 is 1.00 bits per heavy atom. The van der Waals surface area contributed by atoms with Crippen LogP contribution in [-0.2, 0) is 22.5 Å². The lowest BCUT2D eigenvalue weighted by Crippen LogP contribution is -2.52. The van der Waals surface area contributed by atoms with Gasteiger partial charge in [-0.15, -0.1) is 0 Å². The second kappa shape index (κ2) is 15.9. The number of carbonyl (C=O) groups excluding carboxylic acids is 2. The average molecular weight is 739 g/mol. The van der Waals surface area contributed by atoms with E-state index in [1.807, 2.05) is 0 Å². The monoisotopic (exact) mass is 737 g/mol. The highest BCUT2D eigenvalue weighted by atomic mass is 35.5. The van der Waals surface area contributed by atoms with Crippen molar-refractivity contribution in [3.63, 3.8) is 0 Å². The van der Waals surface area contributed by atoms with Crippen LogP contribution < -0.4 is 24.6 Å². The fourth-order valence-electron chi connectivity index (χ4n) is 7.25. The van der Waals surface area contributed by atoms with Crippen LogP contribution in [0.4, 0.5) is 4.39 Å². The zero-order valence-electron chi connectivity index (χ0n) is 28.1. The van der Waals surface area contributed by atoms with Crippen molar-refractivity contribution in [1.29, 1.82) is 0 Å². The van der Waals surface area contributed by atoms with E-state index in [0.29, 0.717) is 45.9 Å². The Kier molecular flexibility index (Phi) is 11.3. The number of hydrogen-bond donors (Lipinski definition) is 2. The van der Waals surface area contributed by atoms with E-state index in [0.717, 1.165) is 30.7 Å². The Balaban J connectivity index is 1.41. The van der Waals surface area contributed by atoms with E-state index in [1.54, 1.807) is 36.4 Å². The van der Waals surface area contributed by atoms with E-state index >= 15 is 0 Å². The van der Waals surface area contributed by atoms with Crippen molar-refractivity contribution in [2.24, 2.45) is 5.92 Å². The van der Waals surface area contributed by atoms with E-state index in [2.05, 4.69) is 10.2 Å². The van der Waals surface area contributed by atoms with Gasteiger partial charge in [0.1, 0.15) is 28.0 Å². The number of aromatic nitrogens is 1. The van der Waals surface area contributed by atoms with Gasteiger partial charge in [0.05, 0.1) is 20.2 Å². The van der Waals surface area contributed by atoms with Crippen molar-refractivity contribution >= 4 is 35.1 Å². The van der Waals surface area contributed by atoms with E-state index < -0.39 is 29.7 Å². The molecule has 13 heteroatoms. The molecule has 2 N–H and O–H groups in total. The smallest absolute Gasteiger partial charge is 0.328 e. The van der Waals surface area contributed by atoms with Gasteiger partial charge in [-0.25, -0.2) is 9.18 Å². The molecule has 0 spiro atoms. The zero-order valence-corrected chi connectivity index (χ0v) is 29.6. The standard InChI is InChI=1S/C38H38Cl2FN3O7/c1-49-32-10-9-23(16-33(32)50-2)28(17-29-30(39)19-44(48)20-31(29)40)35-25(6-4-8-27(35)37(45)46)18-42-36(24-5-3-7-26(41)15-24)38(47)51-34-21-43-13-11-22(34)12-14-43/h3-10,15-16,19-20,22,28,34,36,42H,11-14,17-18,21H2,1-2H3,(H-,45,46,48)/t28-,34-,36?/m0/s1. The summed E-state index contributed by atoms with van der Waals surface area (Å²) in [4.78, 5) is 29.0. The molecule has 4 aromatic rings. The van der Waals surface area contributed by atoms with Gasteiger partial charge in [0.15, 0.2) is 11.5 Å². The first kappa shape index (κ1) is 36.4. The molecule has 268 valence electrons. The summed E-state index contributed by atoms with van der Waals surface area (Å²) in [6.45, 7) is 2.59. The summed E-state index contributed by atoms with van der Waals surface area (Å²) in [5, 5.41) is 26.4. The van der Waals surface area contributed by atoms with Crippen molar-refractivity contribution in [3.8, 4) is 11.5 Å². The number of piperidine rings is 3. The number of carboxylic acid groups (broad SMARTS) is 1. The number of carbonyl (C=O) groups is 2. The third-order valence-electron chi connectivity index (χ3n) is 9.83. The van der Waals surface area contributed by atoms with Crippen LogP contribution in [0.25, 0.3) is 0 Å². The van der Waals surface area contributed by atoms with Gasteiger partial charge in [-0.05, 0) is 84.8 Å². The number of hydrogen-bond acceptors (Lipinski definition) is 9. The third-order valence-corrected chi connectivity index (χ3v) is 10.5. The summed E-state index contributed by atoms with van der Waals surface area (Å²) in [6, 6.07) is 14.7. The summed E-state index contributed by atoms with van der Waals surface area (Å²) >= 11 is 13.2. The highest BCUT2D eigenvalue weighted by molar-refractivity contribution is 6.35. The molecular formula is C38H38Cl2FN3O7. The van der Waals surface area contributed by atoms with Gasteiger partial charge in [0.2, 0.25) is 12.4 Å². The Hall–Kier alpha value is -4.42. The molecule has 3 fully saturated rings. The van der Waals surface area contributed by atoms with Crippen molar-refractivity contribution in [2.75, 3.05) is 33.9 Å². The average Bonchev–Trinajstić information content (AvgIpc) is 3.11. The molecule has 3 atom stereocenters. The largest absolute Gasteiger partial charge is 0.545 e. The highest BCUT2D eigenvalue weighted by Crippen LogP contribution is 2.40. The fourth-order valence-corrected chi connectivity index (χ4v) is 7.85. The maximum Gasteiger partial charge on any atom is 0.328 e. The van der Waals surface area contributed by atoms with Gasteiger partial charge < -0.3 is 24.1 Å². The van der Waals surface area contributed by atoms with Crippen molar-refractivity contribution in [3.05, 3.63) is 122 Å². The quantitative estimate of drug-likeness (QED) is 0.112. The van der Waals surface area contributed by atoms with Gasteiger partial charge in [0.25, 0.3) is 0 Å². The number of ether oxygens (including phenoxy) is 3. The van der Waals surface area contributed by atoms with Crippen LogP contribution in [0.1, 0.15) is 63.0 Å². The minimum absolute atomic E-state index is 0.0103. The number of aromatic carboxylic acids is 1. The highest BCUT2D eigenvalue weighted by Gasteiger charge is 2.38. The Labute approximate surface area is 305 Å². The predicted molar refractivity (Wildman–Crippen MR) is 185 cm³/mol. The number of nitrogens with one attached hydrogen (secondary N) is 1. The molecule has 0 radical (unpaired) electrons. The molecule has 2 bridgehead atoms. The third kappa shape index (κ3) is 8.07. The van der Waals surface area contributed by atoms with Gasteiger partial charge >= 0.3 is 5.97 Å². The first-order chi connectivity index (χ1) is 24.6. The summed E-state index contributed by atoms with van der Waals surface area (Å²) < 4.78 is 32.4. The lowest BCUT2D eigenvalue weighted by molar-refractivity contribution is -0.904. The molecular weight excluding hydrogens is 700 g/mol. The van der Waals surface area contributed by atoms with Crippen LogP contribution >= 0.6 is 23.2 Å². The molecule has 3 saturated heterocycles. The maximum atomic E-state index is 14.5.